The molecule has 2 aliphatic heterocycles. The van der Waals surface area contributed by atoms with Crippen molar-refractivity contribution in [1.29, 1.82) is 0 Å². The number of methoxy groups -OCH3 is 1. The third-order valence-electron chi connectivity index (χ3n) is 5.15. The van der Waals surface area contributed by atoms with Gasteiger partial charge in [0.25, 0.3) is 0 Å². The molecule has 0 atom stereocenters. The predicted octanol–water partition coefficient (Wildman–Crippen LogP) is 1.44. The van der Waals surface area contributed by atoms with Crippen LogP contribution in [0.2, 0.25) is 0 Å². The fraction of sp³-hybridized carbons (Fsp3) is 0.632. The van der Waals surface area contributed by atoms with Gasteiger partial charge in [-0.2, -0.15) is 0 Å². The summed E-state index contributed by atoms with van der Waals surface area (Å²) in [6.45, 7) is 7.93. The molecule has 2 aliphatic rings. The number of sulfonamides is 1. The Bertz CT molecular complexity index is 782. The summed E-state index contributed by atoms with van der Waals surface area (Å²) in [5.41, 5.74) is 1.17. The molecular formula is C19H32IN5O3S. The molecule has 0 radical (unpaired) electrons. The number of benzene rings is 1. The number of piperazine rings is 1. The lowest BCUT2D eigenvalue weighted by Crippen LogP contribution is -2.52. The van der Waals surface area contributed by atoms with Crippen molar-refractivity contribution >= 4 is 45.6 Å². The molecule has 0 saturated carbocycles. The minimum absolute atomic E-state index is 0. The summed E-state index contributed by atoms with van der Waals surface area (Å²) in [5, 5.41) is 3.34. The Kier molecular flexibility index (Phi) is 9.28. The molecule has 2 heterocycles. The number of rotatable bonds is 6. The number of halogens is 1. The van der Waals surface area contributed by atoms with E-state index in [0.29, 0.717) is 19.6 Å². The van der Waals surface area contributed by atoms with Crippen LogP contribution in [0, 0.1) is 0 Å². The average molecular weight is 537 g/mol. The molecule has 0 aromatic heterocycles. The third-order valence-corrected chi connectivity index (χ3v) is 7.10. The van der Waals surface area contributed by atoms with Crippen LogP contribution in [0.1, 0.15) is 13.3 Å². The zero-order chi connectivity index (χ0) is 20.0. The highest BCUT2D eigenvalue weighted by Crippen LogP contribution is 2.22. The summed E-state index contributed by atoms with van der Waals surface area (Å²) in [6.07, 6.45) is 0.721. The summed E-state index contributed by atoms with van der Waals surface area (Å²) >= 11 is 0. The minimum atomic E-state index is -3.05. The van der Waals surface area contributed by atoms with Crippen molar-refractivity contribution in [3.63, 3.8) is 0 Å². The van der Waals surface area contributed by atoms with Gasteiger partial charge in [-0.15, -0.1) is 24.0 Å². The summed E-state index contributed by atoms with van der Waals surface area (Å²) in [6, 6.07) is 8.13. The summed E-state index contributed by atoms with van der Waals surface area (Å²) < 4.78 is 30.7. The van der Waals surface area contributed by atoms with E-state index in [1.807, 2.05) is 19.1 Å². The van der Waals surface area contributed by atoms with Gasteiger partial charge in [0.15, 0.2) is 5.96 Å². The molecule has 1 aromatic carbocycles. The summed E-state index contributed by atoms with van der Waals surface area (Å²) in [5.74, 6) is 2.00. The highest BCUT2D eigenvalue weighted by atomic mass is 127. The van der Waals surface area contributed by atoms with Crippen LogP contribution < -0.4 is 15.0 Å². The molecule has 2 fully saturated rings. The Morgan fingerprint density at radius 3 is 2.59 bits per heavy atom. The summed E-state index contributed by atoms with van der Waals surface area (Å²) in [4.78, 5) is 9.27. The Hall–Kier alpha value is -1.27. The van der Waals surface area contributed by atoms with Gasteiger partial charge in [0.05, 0.1) is 19.4 Å². The first-order valence-corrected chi connectivity index (χ1v) is 11.5. The van der Waals surface area contributed by atoms with Crippen molar-refractivity contribution in [3.8, 4) is 5.75 Å². The number of nitrogens with zero attached hydrogens (tertiary/aromatic N) is 4. The largest absolute Gasteiger partial charge is 0.497 e. The van der Waals surface area contributed by atoms with Crippen LogP contribution in [0.15, 0.2) is 29.3 Å². The molecule has 0 unspecified atom stereocenters. The van der Waals surface area contributed by atoms with Crippen molar-refractivity contribution in [3.05, 3.63) is 24.3 Å². The zero-order valence-corrected chi connectivity index (χ0v) is 20.4. The first-order chi connectivity index (χ1) is 13.5. The number of anilines is 1. The number of guanidine groups is 1. The van der Waals surface area contributed by atoms with Gasteiger partial charge in [0.1, 0.15) is 5.75 Å². The Morgan fingerprint density at radius 1 is 1.21 bits per heavy atom. The van der Waals surface area contributed by atoms with Crippen LogP contribution in [-0.4, -0.2) is 88.8 Å². The highest BCUT2D eigenvalue weighted by molar-refractivity contribution is 14.0. The fourth-order valence-electron chi connectivity index (χ4n) is 3.62. The van der Waals surface area contributed by atoms with Crippen molar-refractivity contribution in [2.45, 2.75) is 13.3 Å². The maximum atomic E-state index is 11.9. The number of ether oxygens (including phenoxy) is 1. The fourth-order valence-corrected chi connectivity index (χ4v) is 5.14. The molecule has 0 spiro atoms. The first-order valence-electron chi connectivity index (χ1n) is 9.93. The van der Waals surface area contributed by atoms with Crippen LogP contribution in [0.4, 0.5) is 5.69 Å². The Balaban J connectivity index is 0.00000300. The van der Waals surface area contributed by atoms with E-state index < -0.39 is 10.0 Å². The van der Waals surface area contributed by atoms with Crippen LogP contribution in [-0.2, 0) is 10.0 Å². The van der Waals surface area contributed by atoms with E-state index in [4.69, 9.17) is 4.74 Å². The van der Waals surface area contributed by atoms with Gasteiger partial charge in [-0.3, -0.25) is 4.99 Å². The Morgan fingerprint density at radius 2 is 1.97 bits per heavy atom. The van der Waals surface area contributed by atoms with Crippen LogP contribution >= 0.6 is 24.0 Å². The number of hydrogen-bond donors (Lipinski definition) is 1. The zero-order valence-electron chi connectivity index (χ0n) is 17.2. The number of aliphatic imine (C=N–C) groups is 1. The van der Waals surface area contributed by atoms with Gasteiger partial charge < -0.3 is 19.9 Å². The van der Waals surface area contributed by atoms with E-state index >= 15 is 0 Å². The van der Waals surface area contributed by atoms with Gasteiger partial charge in [0.2, 0.25) is 10.0 Å². The monoisotopic (exact) mass is 537 g/mol. The molecule has 0 amide bonds. The topological polar surface area (TPSA) is 77.5 Å². The molecule has 1 N–H and O–H groups in total. The van der Waals surface area contributed by atoms with Gasteiger partial charge in [-0.25, -0.2) is 12.7 Å². The molecule has 2 saturated heterocycles. The average Bonchev–Trinajstić information content (AvgIpc) is 3.05. The standard InChI is InChI=1S/C19H31N5O3S.HI/c1-3-20-19(21-8-10-24-9-5-15-28(24,25)26)23-13-11-22(12-14-23)17-6-4-7-18(16-17)27-2;/h4,6-7,16H,3,5,8-15H2,1-2H3,(H,20,21);1H. The lowest BCUT2D eigenvalue weighted by Gasteiger charge is -2.37. The second-order valence-electron chi connectivity index (χ2n) is 6.98. The molecule has 0 aliphatic carbocycles. The maximum Gasteiger partial charge on any atom is 0.214 e. The van der Waals surface area contributed by atoms with Crippen molar-refractivity contribution < 1.29 is 13.2 Å². The van der Waals surface area contributed by atoms with Crippen molar-refractivity contribution in [2.75, 3.05) is 70.1 Å². The van der Waals surface area contributed by atoms with Gasteiger partial charge >= 0.3 is 0 Å². The van der Waals surface area contributed by atoms with E-state index in [0.717, 1.165) is 50.9 Å². The SMILES string of the molecule is CCNC(=NCCN1CCCS1(=O)=O)N1CCN(c2cccc(OC)c2)CC1.I. The van der Waals surface area contributed by atoms with Gasteiger partial charge in [0, 0.05) is 57.6 Å². The molecule has 10 heteroatoms. The number of hydrogen-bond acceptors (Lipinski definition) is 5. The van der Waals surface area contributed by atoms with Gasteiger partial charge in [-0.05, 0) is 25.5 Å². The van der Waals surface area contributed by atoms with Crippen LogP contribution in [0.5, 0.6) is 5.75 Å². The van der Waals surface area contributed by atoms with E-state index in [-0.39, 0.29) is 29.7 Å². The lowest BCUT2D eigenvalue weighted by atomic mass is 10.2. The smallest absolute Gasteiger partial charge is 0.214 e. The predicted molar refractivity (Wildman–Crippen MR) is 128 cm³/mol. The van der Waals surface area contributed by atoms with E-state index in [2.05, 4.69) is 32.2 Å². The highest BCUT2D eigenvalue weighted by Gasteiger charge is 2.27. The van der Waals surface area contributed by atoms with E-state index in [1.54, 1.807) is 11.4 Å². The minimum Gasteiger partial charge on any atom is -0.497 e. The molecule has 8 nitrogen and oxygen atoms in total. The molecule has 29 heavy (non-hydrogen) atoms. The second-order valence-corrected chi connectivity index (χ2v) is 9.07. The van der Waals surface area contributed by atoms with Crippen LogP contribution in [0.3, 0.4) is 0 Å². The van der Waals surface area contributed by atoms with Gasteiger partial charge in [-0.1, -0.05) is 6.07 Å². The molecule has 1 aromatic rings. The maximum absolute atomic E-state index is 11.9. The normalized spacial score (nSPS) is 19.7. The third kappa shape index (κ3) is 6.35. The Labute approximate surface area is 191 Å². The summed E-state index contributed by atoms with van der Waals surface area (Å²) in [7, 11) is -1.37. The lowest BCUT2D eigenvalue weighted by molar-refractivity contribution is 0.370. The molecule has 164 valence electrons. The van der Waals surface area contributed by atoms with Crippen molar-refractivity contribution in [2.24, 2.45) is 4.99 Å². The van der Waals surface area contributed by atoms with E-state index in [9.17, 15) is 8.42 Å². The van der Waals surface area contributed by atoms with Crippen molar-refractivity contribution in [1.82, 2.24) is 14.5 Å². The molecular weight excluding hydrogens is 505 g/mol. The van der Waals surface area contributed by atoms with E-state index in [1.165, 1.54) is 5.69 Å². The quantitative estimate of drug-likeness (QED) is 0.336. The van der Waals surface area contributed by atoms with Crippen LogP contribution in [0.25, 0.3) is 0 Å². The second kappa shape index (κ2) is 11.2. The number of nitrogens with one attached hydrogen (secondary N) is 1. The first kappa shape index (κ1) is 24.0. The molecule has 3 rings (SSSR count). The molecule has 0 bridgehead atoms.